The number of carbonyl (C=O) groups is 2. The summed E-state index contributed by atoms with van der Waals surface area (Å²) in [5.74, 6) is -0.851. The van der Waals surface area contributed by atoms with Crippen molar-refractivity contribution in [2.24, 2.45) is 0 Å². The monoisotopic (exact) mass is 475 g/mol. The van der Waals surface area contributed by atoms with Gasteiger partial charge in [0.05, 0.1) is 18.2 Å². The number of ether oxygens (including phenoxy) is 1. The molecule has 1 unspecified atom stereocenters. The van der Waals surface area contributed by atoms with Crippen molar-refractivity contribution in [3.05, 3.63) is 106 Å². The highest BCUT2D eigenvalue weighted by Crippen LogP contribution is 2.40. The van der Waals surface area contributed by atoms with Crippen molar-refractivity contribution in [2.45, 2.75) is 25.8 Å². The summed E-state index contributed by atoms with van der Waals surface area (Å²) in [7, 11) is 0. The SMILES string of the molecule is CCCOc1ccc(C(O)=C2C(=O)C(=O)N(CCc3ccccc3)C2c2ccc(Cl)cc2)cc1. The second-order valence-electron chi connectivity index (χ2n) is 8.15. The van der Waals surface area contributed by atoms with E-state index in [2.05, 4.69) is 0 Å². The number of hydrogen-bond donors (Lipinski definition) is 1. The van der Waals surface area contributed by atoms with E-state index < -0.39 is 17.7 Å². The minimum absolute atomic E-state index is 0.0719. The van der Waals surface area contributed by atoms with E-state index in [1.165, 1.54) is 4.90 Å². The lowest BCUT2D eigenvalue weighted by Gasteiger charge is -2.25. The molecule has 1 atom stereocenters. The Morgan fingerprint density at radius 2 is 1.65 bits per heavy atom. The van der Waals surface area contributed by atoms with Crippen molar-refractivity contribution in [3.8, 4) is 5.75 Å². The standard InChI is InChI=1S/C28H26ClNO4/c1-2-18-34-23-14-10-21(11-15-23)26(31)24-25(20-8-12-22(29)13-9-20)30(28(33)27(24)32)17-16-19-6-4-3-5-7-19/h3-15,25,31H,2,16-18H2,1H3. The van der Waals surface area contributed by atoms with E-state index in [1.54, 1.807) is 48.5 Å². The number of halogens is 1. The number of carbonyl (C=O) groups excluding carboxylic acids is 2. The molecule has 1 aliphatic rings. The average Bonchev–Trinajstić information content (AvgIpc) is 3.12. The molecule has 0 aromatic heterocycles. The molecule has 0 spiro atoms. The third-order valence-corrected chi connectivity index (χ3v) is 6.06. The topological polar surface area (TPSA) is 66.8 Å². The first-order chi connectivity index (χ1) is 16.5. The zero-order valence-corrected chi connectivity index (χ0v) is 19.7. The second kappa shape index (κ2) is 10.6. The highest BCUT2D eigenvalue weighted by atomic mass is 35.5. The maximum absolute atomic E-state index is 13.1. The van der Waals surface area contributed by atoms with Gasteiger partial charge in [0.2, 0.25) is 0 Å². The van der Waals surface area contributed by atoms with Crippen LogP contribution in [-0.4, -0.2) is 34.8 Å². The molecule has 1 heterocycles. The molecular formula is C28H26ClNO4. The lowest BCUT2D eigenvalue weighted by molar-refractivity contribution is -0.139. The van der Waals surface area contributed by atoms with Gasteiger partial charge in [0, 0.05) is 17.1 Å². The molecule has 0 aliphatic carbocycles. The van der Waals surface area contributed by atoms with Crippen LogP contribution in [0.5, 0.6) is 5.75 Å². The van der Waals surface area contributed by atoms with Crippen molar-refractivity contribution in [1.82, 2.24) is 4.90 Å². The summed E-state index contributed by atoms with van der Waals surface area (Å²) in [5.41, 5.74) is 2.29. The largest absolute Gasteiger partial charge is 0.507 e. The van der Waals surface area contributed by atoms with Gasteiger partial charge in [0.1, 0.15) is 11.5 Å². The molecular weight excluding hydrogens is 450 g/mol. The maximum Gasteiger partial charge on any atom is 0.295 e. The van der Waals surface area contributed by atoms with Gasteiger partial charge in [-0.15, -0.1) is 0 Å². The van der Waals surface area contributed by atoms with Crippen LogP contribution >= 0.6 is 11.6 Å². The third kappa shape index (κ3) is 5.00. The zero-order chi connectivity index (χ0) is 24.1. The summed E-state index contributed by atoms with van der Waals surface area (Å²) in [4.78, 5) is 27.8. The molecule has 174 valence electrons. The summed E-state index contributed by atoms with van der Waals surface area (Å²) in [6, 6.07) is 22.9. The minimum atomic E-state index is -0.711. The van der Waals surface area contributed by atoms with Crippen LogP contribution < -0.4 is 4.74 Å². The second-order valence-corrected chi connectivity index (χ2v) is 8.59. The molecule has 1 saturated heterocycles. The molecule has 1 aliphatic heterocycles. The molecule has 0 bridgehead atoms. The van der Waals surface area contributed by atoms with Crippen molar-refractivity contribution < 1.29 is 19.4 Å². The zero-order valence-electron chi connectivity index (χ0n) is 18.9. The van der Waals surface area contributed by atoms with E-state index in [4.69, 9.17) is 16.3 Å². The first-order valence-electron chi connectivity index (χ1n) is 11.3. The Labute approximate surface area is 204 Å². The number of likely N-dealkylation sites (tertiary alicyclic amines) is 1. The van der Waals surface area contributed by atoms with E-state index in [0.29, 0.717) is 41.5 Å². The fourth-order valence-electron chi connectivity index (χ4n) is 4.08. The summed E-state index contributed by atoms with van der Waals surface area (Å²) >= 11 is 6.08. The van der Waals surface area contributed by atoms with Gasteiger partial charge in [0.15, 0.2) is 0 Å². The van der Waals surface area contributed by atoms with Gasteiger partial charge in [-0.25, -0.2) is 0 Å². The van der Waals surface area contributed by atoms with Crippen LogP contribution in [0.3, 0.4) is 0 Å². The molecule has 1 amide bonds. The molecule has 1 N–H and O–H groups in total. The van der Waals surface area contributed by atoms with Gasteiger partial charge in [-0.05, 0) is 60.4 Å². The lowest BCUT2D eigenvalue weighted by Crippen LogP contribution is -2.31. The fourth-order valence-corrected chi connectivity index (χ4v) is 4.21. The molecule has 0 saturated carbocycles. The first kappa shape index (κ1) is 23.6. The number of benzene rings is 3. The number of Topliss-reactive ketones (excluding diaryl/α,β-unsaturated/α-hetero) is 1. The predicted octanol–water partition coefficient (Wildman–Crippen LogP) is 5.79. The van der Waals surface area contributed by atoms with Crippen LogP contribution in [0.2, 0.25) is 5.02 Å². The van der Waals surface area contributed by atoms with Crippen LogP contribution in [-0.2, 0) is 16.0 Å². The Morgan fingerprint density at radius 1 is 0.971 bits per heavy atom. The number of hydrogen-bond acceptors (Lipinski definition) is 4. The van der Waals surface area contributed by atoms with Crippen LogP contribution in [0.25, 0.3) is 5.76 Å². The van der Waals surface area contributed by atoms with Gasteiger partial charge in [0.25, 0.3) is 11.7 Å². The van der Waals surface area contributed by atoms with Gasteiger partial charge in [-0.2, -0.15) is 0 Å². The Hall–Kier alpha value is -3.57. The molecule has 1 fully saturated rings. The third-order valence-electron chi connectivity index (χ3n) is 5.81. The smallest absolute Gasteiger partial charge is 0.295 e. The van der Waals surface area contributed by atoms with Crippen molar-refractivity contribution in [2.75, 3.05) is 13.2 Å². The number of ketones is 1. The highest BCUT2D eigenvalue weighted by Gasteiger charge is 2.45. The fraction of sp³-hybridized carbons (Fsp3) is 0.214. The number of aliphatic hydroxyl groups is 1. The normalized spacial score (nSPS) is 17.2. The molecule has 5 nitrogen and oxygen atoms in total. The van der Waals surface area contributed by atoms with Gasteiger partial charge in [-0.3, -0.25) is 9.59 Å². The van der Waals surface area contributed by atoms with Gasteiger partial charge >= 0.3 is 0 Å². The van der Waals surface area contributed by atoms with Crippen LogP contribution in [0, 0.1) is 0 Å². The summed E-state index contributed by atoms with van der Waals surface area (Å²) in [5, 5.41) is 11.7. The molecule has 0 radical (unpaired) electrons. The number of nitrogens with zero attached hydrogens (tertiary/aromatic N) is 1. The molecule has 4 rings (SSSR count). The van der Waals surface area contributed by atoms with Crippen LogP contribution in [0.4, 0.5) is 0 Å². The number of aliphatic hydroxyl groups excluding tert-OH is 1. The van der Waals surface area contributed by atoms with Crippen molar-refractivity contribution >= 4 is 29.1 Å². The Bertz CT molecular complexity index is 1190. The van der Waals surface area contributed by atoms with Gasteiger partial charge in [-0.1, -0.05) is 61.0 Å². The lowest BCUT2D eigenvalue weighted by atomic mass is 9.95. The van der Waals surface area contributed by atoms with E-state index >= 15 is 0 Å². The van der Waals surface area contributed by atoms with E-state index in [0.717, 1.165) is 12.0 Å². The van der Waals surface area contributed by atoms with Crippen LogP contribution in [0.1, 0.15) is 36.1 Å². The predicted molar refractivity (Wildman–Crippen MR) is 133 cm³/mol. The maximum atomic E-state index is 13.1. The van der Waals surface area contributed by atoms with Crippen molar-refractivity contribution in [1.29, 1.82) is 0 Å². The van der Waals surface area contributed by atoms with E-state index in [-0.39, 0.29) is 11.3 Å². The Morgan fingerprint density at radius 3 is 2.29 bits per heavy atom. The first-order valence-corrected chi connectivity index (χ1v) is 11.7. The van der Waals surface area contributed by atoms with Crippen LogP contribution in [0.15, 0.2) is 84.4 Å². The summed E-state index contributed by atoms with van der Waals surface area (Å²) in [6.07, 6.45) is 1.47. The molecule has 34 heavy (non-hydrogen) atoms. The number of rotatable bonds is 8. The summed E-state index contributed by atoms with van der Waals surface area (Å²) < 4.78 is 5.61. The molecule has 3 aromatic rings. The average molecular weight is 476 g/mol. The Balaban J connectivity index is 1.72. The Kier molecular flexibility index (Phi) is 7.33. The minimum Gasteiger partial charge on any atom is -0.507 e. The summed E-state index contributed by atoms with van der Waals surface area (Å²) in [6.45, 7) is 2.95. The quantitative estimate of drug-likeness (QED) is 0.254. The number of amides is 1. The van der Waals surface area contributed by atoms with E-state index in [9.17, 15) is 14.7 Å². The molecule has 6 heteroatoms. The van der Waals surface area contributed by atoms with E-state index in [1.807, 2.05) is 37.3 Å². The van der Waals surface area contributed by atoms with Gasteiger partial charge < -0.3 is 14.7 Å². The van der Waals surface area contributed by atoms with Crippen molar-refractivity contribution in [3.63, 3.8) is 0 Å². The molecule has 3 aromatic carbocycles. The highest BCUT2D eigenvalue weighted by molar-refractivity contribution is 6.46.